The molecule has 0 atom stereocenters. The summed E-state index contributed by atoms with van der Waals surface area (Å²) in [6.45, 7) is 5.36. The first kappa shape index (κ1) is 20.3. The minimum Gasteiger partial charge on any atom is -0.385 e. The molecular weight excluding hydrogens is 352 g/mol. The number of rotatable bonds is 9. The maximum atomic E-state index is 5.34. The molecule has 2 aromatic rings. The normalized spacial score (nSPS) is 16.3. The first-order valence-corrected chi connectivity index (χ1v) is 10.2. The summed E-state index contributed by atoms with van der Waals surface area (Å²) < 4.78 is 7.09. The molecule has 28 heavy (non-hydrogen) atoms. The minimum absolute atomic E-state index is 0.339. The van der Waals surface area contributed by atoms with Gasteiger partial charge in [-0.05, 0) is 49.3 Å². The standard InChI is InChI=1S/C21H32N6O/c1-3-23-20(25-15-21(12-13-28-2)10-4-5-11-21)24-14-18-6-8-19(9-7-18)27-17-22-16-26-27/h6-9,16-17H,3-5,10-15H2,1-2H3,(H2,23,24,25). The van der Waals surface area contributed by atoms with E-state index in [1.54, 1.807) is 18.1 Å². The van der Waals surface area contributed by atoms with Crippen LogP contribution in [-0.2, 0) is 11.3 Å². The van der Waals surface area contributed by atoms with E-state index in [1.165, 1.54) is 32.0 Å². The number of hydrogen-bond acceptors (Lipinski definition) is 4. The fraction of sp³-hybridized carbons (Fsp3) is 0.571. The molecule has 1 aromatic heterocycles. The van der Waals surface area contributed by atoms with Crippen LogP contribution in [0.25, 0.3) is 5.69 Å². The first-order valence-electron chi connectivity index (χ1n) is 10.2. The number of ether oxygens (including phenoxy) is 1. The highest BCUT2D eigenvalue weighted by molar-refractivity contribution is 5.79. The molecule has 0 saturated heterocycles. The number of benzene rings is 1. The Morgan fingerprint density at radius 1 is 1.21 bits per heavy atom. The molecule has 1 aliphatic rings. The van der Waals surface area contributed by atoms with Crippen molar-refractivity contribution in [3.63, 3.8) is 0 Å². The SMILES string of the molecule is CCNC(=NCc1ccc(-n2cncn2)cc1)NCC1(CCOC)CCCC1. The number of nitrogens with one attached hydrogen (secondary N) is 2. The van der Waals surface area contributed by atoms with E-state index >= 15 is 0 Å². The summed E-state index contributed by atoms with van der Waals surface area (Å²) in [4.78, 5) is 8.76. The van der Waals surface area contributed by atoms with E-state index in [1.807, 2.05) is 12.1 Å². The first-order chi connectivity index (χ1) is 13.7. The third kappa shape index (κ3) is 5.55. The highest BCUT2D eigenvalue weighted by atomic mass is 16.5. The Kier molecular flexibility index (Phi) is 7.42. The maximum absolute atomic E-state index is 5.34. The lowest BCUT2D eigenvalue weighted by Crippen LogP contribution is -2.43. The van der Waals surface area contributed by atoms with E-state index in [-0.39, 0.29) is 0 Å². The average Bonchev–Trinajstić information content (AvgIpc) is 3.42. The second-order valence-corrected chi connectivity index (χ2v) is 7.51. The number of guanidine groups is 1. The van der Waals surface area contributed by atoms with Gasteiger partial charge in [0.1, 0.15) is 12.7 Å². The van der Waals surface area contributed by atoms with Crippen molar-refractivity contribution in [2.24, 2.45) is 10.4 Å². The topological polar surface area (TPSA) is 76.4 Å². The summed E-state index contributed by atoms with van der Waals surface area (Å²) in [5, 5.41) is 11.1. The molecule has 0 radical (unpaired) electrons. The Bertz CT molecular complexity index is 720. The highest BCUT2D eigenvalue weighted by Crippen LogP contribution is 2.40. The van der Waals surface area contributed by atoms with E-state index < -0.39 is 0 Å². The summed E-state index contributed by atoms with van der Waals surface area (Å²) in [7, 11) is 1.79. The van der Waals surface area contributed by atoms with E-state index in [0.717, 1.165) is 43.3 Å². The van der Waals surface area contributed by atoms with Gasteiger partial charge in [-0.3, -0.25) is 0 Å². The molecule has 2 N–H and O–H groups in total. The summed E-state index contributed by atoms with van der Waals surface area (Å²) in [5.74, 6) is 0.881. The third-order valence-electron chi connectivity index (χ3n) is 5.52. The summed E-state index contributed by atoms with van der Waals surface area (Å²) in [6.07, 6.45) is 9.52. The fourth-order valence-corrected chi connectivity index (χ4v) is 3.84. The predicted molar refractivity (Wildman–Crippen MR) is 112 cm³/mol. The van der Waals surface area contributed by atoms with Crippen LogP contribution < -0.4 is 10.6 Å². The number of hydrogen-bond donors (Lipinski definition) is 2. The minimum atomic E-state index is 0.339. The molecule has 0 amide bonds. The van der Waals surface area contributed by atoms with Crippen LogP contribution in [0, 0.1) is 5.41 Å². The van der Waals surface area contributed by atoms with Crippen molar-refractivity contribution in [3.8, 4) is 5.69 Å². The molecule has 1 heterocycles. The zero-order chi connectivity index (χ0) is 19.7. The van der Waals surface area contributed by atoms with Gasteiger partial charge >= 0.3 is 0 Å². The Balaban J connectivity index is 1.59. The van der Waals surface area contributed by atoms with Gasteiger partial charge in [0, 0.05) is 26.8 Å². The van der Waals surface area contributed by atoms with Gasteiger partial charge < -0.3 is 15.4 Å². The van der Waals surface area contributed by atoms with Gasteiger partial charge in [0.05, 0.1) is 12.2 Å². The van der Waals surface area contributed by atoms with Crippen molar-refractivity contribution in [2.75, 3.05) is 26.8 Å². The molecule has 3 rings (SSSR count). The van der Waals surface area contributed by atoms with Gasteiger partial charge in [-0.25, -0.2) is 14.7 Å². The molecule has 0 bridgehead atoms. The van der Waals surface area contributed by atoms with Gasteiger partial charge in [-0.1, -0.05) is 25.0 Å². The zero-order valence-electron chi connectivity index (χ0n) is 17.0. The van der Waals surface area contributed by atoms with Crippen molar-refractivity contribution >= 4 is 5.96 Å². The lowest BCUT2D eigenvalue weighted by atomic mass is 9.83. The fourth-order valence-electron chi connectivity index (χ4n) is 3.84. The lowest BCUT2D eigenvalue weighted by Gasteiger charge is -2.30. The lowest BCUT2D eigenvalue weighted by molar-refractivity contribution is 0.138. The van der Waals surface area contributed by atoms with Crippen molar-refractivity contribution in [3.05, 3.63) is 42.5 Å². The van der Waals surface area contributed by atoms with Crippen molar-refractivity contribution in [1.29, 1.82) is 0 Å². The monoisotopic (exact) mass is 384 g/mol. The quantitative estimate of drug-likeness (QED) is 0.513. The molecule has 7 nitrogen and oxygen atoms in total. The predicted octanol–water partition coefficient (Wildman–Crippen LogP) is 2.92. The van der Waals surface area contributed by atoms with Crippen molar-refractivity contribution in [1.82, 2.24) is 25.4 Å². The second kappa shape index (κ2) is 10.2. The summed E-state index contributed by atoms with van der Waals surface area (Å²) >= 11 is 0. The molecule has 0 aliphatic heterocycles. The second-order valence-electron chi connectivity index (χ2n) is 7.51. The maximum Gasteiger partial charge on any atom is 0.191 e. The number of aromatic nitrogens is 3. The Hall–Kier alpha value is -2.41. The van der Waals surface area contributed by atoms with Gasteiger partial charge in [0.15, 0.2) is 5.96 Å². The van der Waals surface area contributed by atoms with Crippen molar-refractivity contribution in [2.45, 2.75) is 45.6 Å². The molecule has 152 valence electrons. The molecule has 0 spiro atoms. The van der Waals surface area contributed by atoms with Crippen molar-refractivity contribution < 1.29 is 4.74 Å². The molecule has 1 aromatic carbocycles. The van der Waals surface area contributed by atoms with Crippen LogP contribution in [0.2, 0.25) is 0 Å². The smallest absolute Gasteiger partial charge is 0.191 e. The molecule has 1 fully saturated rings. The number of aliphatic imine (C=N–C) groups is 1. The average molecular weight is 385 g/mol. The molecule has 7 heteroatoms. The Labute approximate surface area is 167 Å². The molecule has 1 aliphatic carbocycles. The van der Waals surface area contributed by atoms with E-state index in [2.05, 4.69) is 39.8 Å². The van der Waals surface area contributed by atoms with Crippen LogP contribution in [0.3, 0.4) is 0 Å². The van der Waals surface area contributed by atoms with Gasteiger partial charge in [-0.15, -0.1) is 0 Å². The van der Waals surface area contributed by atoms with E-state index in [4.69, 9.17) is 9.73 Å². The zero-order valence-corrected chi connectivity index (χ0v) is 17.0. The van der Waals surface area contributed by atoms with Gasteiger partial charge in [-0.2, -0.15) is 5.10 Å². The van der Waals surface area contributed by atoms with Crippen LogP contribution in [0.5, 0.6) is 0 Å². The summed E-state index contributed by atoms with van der Waals surface area (Å²) in [6, 6.07) is 8.25. The highest BCUT2D eigenvalue weighted by Gasteiger charge is 2.33. The van der Waals surface area contributed by atoms with Crippen LogP contribution in [-0.4, -0.2) is 47.5 Å². The van der Waals surface area contributed by atoms with Crippen LogP contribution >= 0.6 is 0 Å². The van der Waals surface area contributed by atoms with Gasteiger partial charge in [0.2, 0.25) is 0 Å². The van der Waals surface area contributed by atoms with E-state index in [0.29, 0.717) is 12.0 Å². The number of methoxy groups -OCH3 is 1. The van der Waals surface area contributed by atoms with Crippen LogP contribution in [0.1, 0.15) is 44.6 Å². The number of nitrogens with zero attached hydrogens (tertiary/aromatic N) is 4. The van der Waals surface area contributed by atoms with Crippen LogP contribution in [0.15, 0.2) is 41.9 Å². The van der Waals surface area contributed by atoms with E-state index in [9.17, 15) is 0 Å². The van der Waals surface area contributed by atoms with Crippen LogP contribution in [0.4, 0.5) is 0 Å². The largest absolute Gasteiger partial charge is 0.385 e. The molecule has 0 unspecified atom stereocenters. The Morgan fingerprint density at radius 3 is 2.64 bits per heavy atom. The third-order valence-corrected chi connectivity index (χ3v) is 5.52. The Morgan fingerprint density at radius 2 is 2.00 bits per heavy atom. The molecule has 1 saturated carbocycles. The van der Waals surface area contributed by atoms with Gasteiger partial charge in [0.25, 0.3) is 0 Å². The summed E-state index contributed by atoms with van der Waals surface area (Å²) in [5.41, 5.74) is 2.50. The molecular formula is C21H32N6O.